The Morgan fingerprint density at radius 1 is 0.960 bits per heavy atom. The summed E-state index contributed by atoms with van der Waals surface area (Å²) in [7, 11) is -10.0. The topological polar surface area (TPSA) is 121 Å². The lowest BCUT2D eigenvalue weighted by molar-refractivity contribution is 0.190. The molecule has 0 aliphatic carbocycles. The zero-order chi connectivity index (χ0) is 18.5. The standard InChI is InChI=1S/C16H19O7PS/c17-24(18,19)16(25(20,21)22)12-15(11-13-7-3-1-4-8-13)23-14-9-5-2-6-10-14/h1-10,15-16H,11-12H2,(H2,17,18,19)(H,20,21,22). The molecule has 2 rings (SSSR count). The van der Waals surface area contributed by atoms with Gasteiger partial charge in [0.05, 0.1) is 0 Å². The van der Waals surface area contributed by atoms with Crippen molar-refractivity contribution < 1.29 is 32.1 Å². The third-order valence-corrected chi connectivity index (χ3v) is 7.00. The van der Waals surface area contributed by atoms with E-state index in [0.717, 1.165) is 5.56 Å². The van der Waals surface area contributed by atoms with Gasteiger partial charge in [0.1, 0.15) is 11.9 Å². The third-order valence-electron chi connectivity index (χ3n) is 3.54. The van der Waals surface area contributed by atoms with Crippen LogP contribution >= 0.6 is 7.60 Å². The van der Waals surface area contributed by atoms with Gasteiger partial charge in [0.2, 0.25) is 0 Å². The molecule has 0 amide bonds. The SMILES string of the molecule is O=P(O)(O)C(CC(Cc1ccccc1)Oc1ccccc1)S(=O)(=O)O. The van der Waals surface area contributed by atoms with Gasteiger partial charge in [-0.1, -0.05) is 48.5 Å². The summed E-state index contributed by atoms with van der Waals surface area (Å²) in [6.45, 7) is 0. The Hall–Kier alpha value is -1.70. The van der Waals surface area contributed by atoms with E-state index >= 15 is 0 Å². The Labute approximate surface area is 146 Å². The van der Waals surface area contributed by atoms with Gasteiger partial charge in [-0.3, -0.25) is 9.12 Å². The van der Waals surface area contributed by atoms with E-state index in [1.54, 1.807) is 54.6 Å². The van der Waals surface area contributed by atoms with Crippen molar-refractivity contribution in [3.63, 3.8) is 0 Å². The van der Waals surface area contributed by atoms with E-state index in [2.05, 4.69) is 0 Å². The molecule has 0 spiro atoms. The minimum atomic E-state index is -5.08. The number of para-hydroxylation sites is 1. The molecule has 136 valence electrons. The van der Waals surface area contributed by atoms with Crippen LogP contribution in [-0.2, 0) is 21.1 Å². The molecule has 9 heteroatoms. The van der Waals surface area contributed by atoms with Crippen LogP contribution in [0.3, 0.4) is 0 Å². The zero-order valence-corrected chi connectivity index (χ0v) is 14.9. The van der Waals surface area contributed by atoms with Crippen LogP contribution in [0.25, 0.3) is 0 Å². The lowest BCUT2D eigenvalue weighted by Crippen LogP contribution is -2.30. The van der Waals surface area contributed by atoms with Crippen molar-refractivity contribution >= 4 is 17.7 Å². The fourth-order valence-corrected chi connectivity index (χ4v) is 4.75. The molecule has 0 saturated heterocycles. The van der Waals surface area contributed by atoms with Crippen LogP contribution in [0.5, 0.6) is 5.75 Å². The van der Waals surface area contributed by atoms with E-state index in [-0.39, 0.29) is 6.42 Å². The van der Waals surface area contributed by atoms with Crippen LogP contribution in [0.2, 0.25) is 0 Å². The molecular weight excluding hydrogens is 367 g/mol. The minimum absolute atomic E-state index is 0.224. The Bertz CT molecular complexity index is 777. The minimum Gasteiger partial charge on any atom is -0.490 e. The van der Waals surface area contributed by atoms with Crippen molar-refractivity contribution in [1.82, 2.24) is 0 Å². The summed E-state index contributed by atoms with van der Waals surface area (Å²) in [5.41, 5.74) is 0.809. The Morgan fingerprint density at radius 3 is 1.96 bits per heavy atom. The summed E-state index contributed by atoms with van der Waals surface area (Å²) in [4.78, 5) is 16.4. The molecule has 3 N–H and O–H groups in total. The van der Waals surface area contributed by atoms with Crippen molar-refractivity contribution in [1.29, 1.82) is 0 Å². The van der Waals surface area contributed by atoms with Crippen LogP contribution < -0.4 is 4.74 Å². The van der Waals surface area contributed by atoms with Gasteiger partial charge in [0.25, 0.3) is 10.1 Å². The largest absolute Gasteiger partial charge is 0.490 e. The van der Waals surface area contributed by atoms with Gasteiger partial charge in [-0.25, -0.2) is 0 Å². The van der Waals surface area contributed by atoms with E-state index in [0.29, 0.717) is 5.75 Å². The summed E-state index contributed by atoms with van der Waals surface area (Å²) in [6, 6.07) is 17.5. The van der Waals surface area contributed by atoms with E-state index in [9.17, 15) is 27.3 Å². The number of hydrogen-bond acceptors (Lipinski definition) is 4. The van der Waals surface area contributed by atoms with E-state index < -0.39 is 35.2 Å². The highest BCUT2D eigenvalue weighted by Gasteiger charge is 2.42. The molecule has 7 nitrogen and oxygen atoms in total. The second-order valence-corrected chi connectivity index (χ2v) is 9.29. The van der Waals surface area contributed by atoms with Crippen LogP contribution in [0.1, 0.15) is 12.0 Å². The lowest BCUT2D eigenvalue weighted by atomic mass is 10.1. The molecule has 2 aromatic rings. The predicted octanol–water partition coefficient (Wildman–Crippen LogP) is 2.46. The van der Waals surface area contributed by atoms with Gasteiger partial charge in [-0.2, -0.15) is 8.42 Å². The van der Waals surface area contributed by atoms with Gasteiger partial charge >= 0.3 is 7.60 Å². The summed E-state index contributed by atoms with van der Waals surface area (Å²) < 4.78 is 49.3. The summed E-state index contributed by atoms with van der Waals surface area (Å²) >= 11 is 0. The quantitative estimate of drug-likeness (QED) is 0.471. The fraction of sp³-hybridized carbons (Fsp3) is 0.250. The highest BCUT2D eigenvalue weighted by molar-refractivity contribution is 7.93. The van der Waals surface area contributed by atoms with Crippen molar-refractivity contribution in [2.75, 3.05) is 0 Å². The molecule has 2 unspecified atom stereocenters. The number of benzene rings is 2. The van der Waals surface area contributed by atoms with Gasteiger partial charge in [0, 0.05) is 12.8 Å². The summed E-state index contributed by atoms with van der Waals surface area (Å²) in [5.74, 6) is 0.434. The molecular formula is C16H19O7PS. The van der Waals surface area contributed by atoms with Gasteiger partial charge in [-0.15, -0.1) is 0 Å². The first kappa shape index (κ1) is 19.6. The van der Waals surface area contributed by atoms with E-state index in [1.807, 2.05) is 6.07 Å². The van der Waals surface area contributed by atoms with Crippen LogP contribution in [0.15, 0.2) is 60.7 Å². The molecule has 0 saturated carbocycles. The van der Waals surface area contributed by atoms with Crippen molar-refractivity contribution in [3.8, 4) is 5.75 Å². The molecule has 0 heterocycles. The molecule has 0 radical (unpaired) electrons. The molecule has 0 fully saturated rings. The normalized spacial score (nSPS) is 14.7. The van der Waals surface area contributed by atoms with Crippen LogP contribution in [0, 0.1) is 0 Å². The lowest BCUT2D eigenvalue weighted by Gasteiger charge is -2.24. The molecule has 2 aromatic carbocycles. The van der Waals surface area contributed by atoms with Crippen molar-refractivity contribution in [2.24, 2.45) is 0 Å². The first-order chi connectivity index (χ1) is 11.7. The second-order valence-electron chi connectivity index (χ2n) is 5.54. The van der Waals surface area contributed by atoms with Gasteiger partial charge in [0.15, 0.2) is 4.99 Å². The monoisotopic (exact) mass is 386 g/mol. The smallest absolute Gasteiger partial charge is 0.346 e. The second kappa shape index (κ2) is 8.12. The maximum atomic E-state index is 11.5. The Kier molecular flexibility index (Phi) is 6.37. The van der Waals surface area contributed by atoms with Crippen LogP contribution in [-0.4, -0.2) is 33.9 Å². The average Bonchev–Trinajstić information content (AvgIpc) is 2.52. The van der Waals surface area contributed by atoms with Gasteiger partial charge in [-0.05, 0) is 17.7 Å². The van der Waals surface area contributed by atoms with E-state index in [4.69, 9.17) is 4.74 Å². The van der Waals surface area contributed by atoms with Gasteiger partial charge < -0.3 is 14.5 Å². The summed E-state index contributed by atoms with van der Waals surface area (Å²) in [5, 5.41) is 0. The molecule has 0 bridgehead atoms. The molecule has 25 heavy (non-hydrogen) atoms. The van der Waals surface area contributed by atoms with Crippen molar-refractivity contribution in [2.45, 2.75) is 23.9 Å². The average molecular weight is 386 g/mol. The first-order valence-corrected chi connectivity index (χ1v) is 10.6. The predicted molar refractivity (Wildman–Crippen MR) is 93.0 cm³/mol. The number of rotatable bonds is 8. The first-order valence-electron chi connectivity index (χ1n) is 7.43. The molecule has 0 aromatic heterocycles. The highest BCUT2D eigenvalue weighted by atomic mass is 32.2. The van der Waals surface area contributed by atoms with Crippen LogP contribution in [0.4, 0.5) is 0 Å². The van der Waals surface area contributed by atoms with Crippen molar-refractivity contribution in [3.05, 3.63) is 66.2 Å². The van der Waals surface area contributed by atoms with E-state index in [1.165, 1.54) is 0 Å². The zero-order valence-electron chi connectivity index (χ0n) is 13.2. The molecule has 2 atom stereocenters. The number of hydrogen-bond donors (Lipinski definition) is 3. The Morgan fingerprint density at radius 2 is 1.48 bits per heavy atom. The highest BCUT2D eigenvalue weighted by Crippen LogP contribution is 2.46. The fourth-order valence-electron chi connectivity index (χ4n) is 2.40. The molecule has 0 aliphatic rings. The number of ether oxygens (including phenoxy) is 1. The Balaban J connectivity index is 2.28. The maximum Gasteiger partial charge on any atom is 0.346 e. The summed E-state index contributed by atoms with van der Waals surface area (Å²) in [6.07, 6.45) is -1.18. The molecule has 0 aliphatic heterocycles. The maximum absolute atomic E-state index is 11.5. The third kappa shape index (κ3) is 6.26.